The molecule has 1 aromatic carbocycles. The molecule has 0 aliphatic carbocycles. The van der Waals surface area contributed by atoms with Gasteiger partial charge in [0.2, 0.25) is 0 Å². The van der Waals surface area contributed by atoms with E-state index in [9.17, 15) is 0 Å². The summed E-state index contributed by atoms with van der Waals surface area (Å²) in [6.45, 7) is 0. The minimum atomic E-state index is -1.33. The van der Waals surface area contributed by atoms with Gasteiger partial charge < -0.3 is 4.57 Å². The minimum Gasteiger partial charge on any atom is -0.307 e. The van der Waals surface area contributed by atoms with E-state index < -0.39 is 11.2 Å². The molecule has 9 heteroatoms. The van der Waals surface area contributed by atoms with E-state index in [4.69, 9.17) is 35.3 Å². The fourth-order valence-corrected chi connectivity index (χ4v) is 5.35. The van der Waals surface area contributed by atoms with Crippen LogP contribution in [-0.4, -0.2) is 14.5 Å². The Labute approximate surface area is 215 Å². The van der Waals surface area contributed by atoms with Crippen LogP contribution in [0.25, 0.3) is 48.6 Å². The fourth-order valence-electron chi connectivity index (χ4n) is 3.87. The largest absolute Gasteiger partial charge is 0.307 e. The van der Waals surface area contributed by atoms with Crippen LogP contribution >= 0.6 is 53.0 Å². The average Bonchev–Trinajstić information content (AvgIpc) is 3.59. The molecule has 0 aliphatic rings. The van der Waals surface area contributed by atoms with Crippen molar-refractivity contribution in [3.63, 3.8) is 0 Å². The predicted octanol–water partition coefficient (Wildman–Crippen LogP) is 9.10. The Morgan fingerprint density at radius 2 is 1.27 bits per heavy atom. The van der Waals surface area contributed by atoms with Crippen molar-refractivity contribution in [2.24, 2.45) is 0 Å². The number of aromatic nitrogens is 3. The zero-order chi connectivity index (χ0) is 22.8. The van der Waals surface area contributed by atoms with Gasteiger partial charge in [0.25, 0.3) is 0 Å². The number of pyridine rings is 2. The van der Waals surface area contributed by atoms with Crippen LogP contribution in [0.15, 0.2) is 89.9 Å². The van der Waals surface area contributed by atoms with Crippen molar-refractivity contribution < 1.29 is 11.2 Å². The minimum absolute atomic E-state index is 0.934. The van der Waals surface area contributed by atoms with E-state index in [1.165, 1.54) is 21.1 Å². The molecule has 6 aromatic rings. The van der Waals surface area contributed by atoms with Crippen molar-refractivity contribution in [2.45, 2.75) is 0 Å². The SMILES string of the molecule is [Cl][Fe]([Cl])[Cl].c1csc(-c2ccc(-c3cccs3)n2-c2cc3cccnc3c3ncccc23)c1. The van der Waals surface area contributed by atoms with Crippen LogP contribution in [0.1, 0.15) is 0 Å². The summed E-state index contributed by atoms with van der Waals surface area (Å²) >= 11 is 2.18. The molecule has 0 saturated carbocycles. The van der Waals surface area contributed by atoms with Gasteiger partial charge in [0, 0.05) is 23.2 Å². The van der Waals surface area contributed by atoms with Crippen LogP contribution < -0.4 is 0 Å². The molecule has 0 unspecified atom stereocenters. The number of hydrogen-bond acceptors (Lipinski definition) is 4. The van der Waals surface area contributed by atoms with Gasteiger partial charge in [-0.05, 0) is 59.3 Å². The molecule has 0 aliphatic heterocycles. The summed E-state index contributed by atoms with van der Waals surface area (Å²) in [5.41, 5.74) is 5.39. The van der Waals surface area contributed by atoms with Crippen molar-refractivity contribution >= 4 is 74.8 Å². The molecule has 6 rings (SSSR count). The number of halogens is 3. The van der Waals surface area contributed by atoms with Crippen molar-refractivity contribution in [2.75, 3.05) is 0 Å². The number of nitrogens with zero attached hydrogens (tertiary/aromatic N) is 3. The van der Waals surface area contributed by atoms with Crippen LogP contribution in [0.3, 0.4) is 0 Å². The van der Waals surface area contributed by atoms with Crippen molar-refractivity contribution in [1.82, 2.24) is 14.5 Å². The molecule has 5 heterocycles. The van der Waals surface area contributed by atoms with Gasteiger partial charge in [-0.25, -0.2) is 0 Å². The van der Waals surface area contributed by atoms with Gasteiger partial charge in [-0.15, -0.1) is 22.7 Å². The molecule has 0 amide bonds. The number of rotatable bonds is 3. The number of fused-ring (bicyclic) bond motifs is 3. The second kappa shape index (κ2) is 10.2. The molecule has 0 bridgehead atoms. The quantitative estimate of drug-likeness (QED) is 0.157. The second-order valence-corrected chi connectivity index (χ2v) is 14.3. The van der Waals surface area contributed by atoms with Crippen LogP contribution in [0.4, 0.5) is 0 Å². The van der Waals surface area contributed by atoms with Gasteiger partial charge >= 0.3 is 41.5 Å². The zero-order valence-electron chi connectivity index (χ0n) is 16.8. The van der Waals surface area contributed by atoms with Gasteiger partial charge in [-0.1, -0.05) is 18.2 Å². The standard InChI is InChI=1S/C24H15N3S2.3ClH.Fe/c1-5-16-15-20(17-6-2-12-26-24(17)23(16)25-11-1)27-18(21-7-3-13-28-21)9-10-19(27)22-8-4-14-29-22;;;;/h1-15H;3*1H;/q;;;;+3/p-3. The summed E-state index contributed by atoms with van der Waals surface area (Å²) in [5.74, 6) is 0. The Morgan fingerprint density at radius 3 is 1.85 bits per heavy atom. The third-order valence-electron chi connectivity index (χ3n) is 5.11. The van der Waals surface area contributed by atoms with Gasteiger partial charge in [-0.3, -0.25) is 9.97 Å². The molecule has 5 aromatic heterocycles. The number of thiophene rings is 2. The molecule has 33 heavy (non-hydrogen) atoms. The first-order valence-corrected chi connectivity index (χ1v) is 16.0. The van der Waals surface area contributed by atoms with Gasteiger partial charge in [0.05, 0.1) is 37.9 Å². The van der Waals surface area contributed by atoms with E-state index in [0.29, 0.717) is 0 Å². The van der Waals surface area contributed by atoms with Crippen LogP contribution in [0, 0.1) is 0 Å². The molecule has 0 atom stereocenters. The Bertz CT molecular complexity index is 1460. The van der Waals surface area contributed by atoms with Crippen molar-refractivity contribution in [1.29, 1.82) is 0 Å². The third kappa shape index (κ3) is 4.70. The Hall–Kier alpha value is -1.89. The molecule has 0 radical (unpaired) electrons. The number of benzene rings is 1. The van der Waals surface area contributed by atoms with Gasteiger partial charge in [-0.2, -0.15) is 0 Å². The van der Waals surface area contributed by atoms with E-state index in [1.807, 2.05) is 24.5 Å². The zero-order valence-corrected chi connectivity index (χ0v) is 21.8. The molecular weight excluding hydrogens is 557 g/mol. The van der Waals surface area contributed by atoms with E-state index >= 15 is 0 Å². The Kier molecular flexibility index (Phi) is 7.04. The maximum Gasteiger partial charge on any atom is 0.0985 e. The summed E-state index contributed by atoms with van der Waals surface area (Å²) in [6.07, 6.45) is 3.68. The van der Waals surface area contributed by atoms with Crippen LogP contribution in [0.5, 0.6) is 0 Å². The normalized spacial score (nSPS) is 11.4. The maximum absolute atomic E-state index is 4.89. The summed E-state index contributed by atoms with van der Waals surface area (Å²) < 4.78 is 2.37. The molecular formula is C24H15Cl3FeN3S2. The van der Waals surface area contributed by atoms with E-state index in [1.54, 1.807) is 22.7 Å². The van der Waals surface area contributed by atoms with Crippen LogP contribution in [-0.2, 0) is 11.2 Å². The molecule has 0 N–H and O–H groups in total. The predicted molar refractivity (Wildman–Crippen MR) is 141 cm³/mol. The molecule has 0 saturated heterocycles. The van der Waals surface area contributed by atoms with Gasteiger partial charge in [0.15, 0.2) is 0 Å². The Balaban J connectivity index is 0.000000531. The third-order valence-corrected chi connectivity index (χ3v) is 6.89. The first kappa shape index (κ1) is 22.9. The van der Waals surface area contributed by atoms with Crippen molar-refractivity contribution in [3.8, 4) is 26.8 Å². The van der Waals surface area contributed by atoms with E-state index in [-0.39, 0.29) is 0 Å². The summed E-state index contributed by atoms with van der Waals surface area (Å²) in [6, 6.07) is 23.5. The number of hydrogen-bond donors (Lipinski definition) is 0. The molecule has 0 spiro atoms. The first-order chi connectivity index (χ1) is 16.1. The van der Waals surface area contributed by atoms with E-state index in [0.717, 1.165) is 27.5 Å². The average molecular weight is 572 g/mol. The van der Waals surface area contributed by atoms with Gasteiger partial charge in [0.1, 0.15) is 0 Å². The Morgan fingerprint density at radius 1 is 0.697 bits per heavy atom. The molecule has 3 nitrogen and oxygen atoms in total. The fraction of sp³-hybridized carbons (Fsp3) is 0. The smallest absolute Gasteiger partial charge is 0.0985 e. The van der Waals surface area contributed by atoms with Crippen LogP contribution in [0.2, 0.25) is 0 Å². The second-order valence-electron chi connectivity index (χ2n) is 6.92. The summed E-state index contributed by atoms with van der Waals surface area (Å²) in [4.78, 5) is 11.8. The first-order valence-electron chi connectivity index (χ1n) is 9.72. The topological polar surface area (TPSA) is 30.7 Å². The monoisotopic (exact) mass is 570 g/mol. The maximum atomic E-state index is 4.89. The molecule has 167 valence electrons. The summed E-state index contributed by atoms with van der Waals surface area (Å²) in [7, 11) is 14.7. The van der Waals surface area contributed by atoms with Crippen molar-refractivity contribution in [3.05, 3.63) is 89.9 Å². The summed E-state index contributed by atoms with van der Waals surface area (Å²) in [5, 5.41) is 6.45. The molecule has 0 fully saturated rings. The van der Waals surface area contributed by atoms with E-state index in [2.05, 4.69) is 74.9 Å².